The second kappa shape index (κ2) is 5.70. The van der Waals surface area contributed by atoms with E-state index in [9.17, 15) is 13.6 Å². The largest absolute Gasteiger partial charge is 0.330 e. The number of rotatable bonds is 5. The van der Waals surface area contributed by atoms with Crippen LogP contribution in [0.15, 0.2) is 18.2 Å². The topological polar surface area (TPSA) is 43.1 Å². The Bertz CT molecular complexity index is 375. The minimum absolute atomic E-state index is 0.0978. The van der Waals surface area contributed by atoms with Crippen LogP contribution in [-0.2, 0) is 0 Å². The molecule has 2 nitrogen and oxygen atoms in total. The average Bonchev–Trinajstić information content (AvgIpc) is 2.29. The van der Waals surface area contributed by atoms with E-state index in [-0.39, 0.29) is 23.7 Å². The highest BCUT2D eigenvalue weighted by atomic mass is 19.2. The first-order chi connectivity index (χ1) is 7.58. The summed E-state index contributed by atoms with van der Waals surface area (Å²) >= 11 is 0. The van der Waals surface area contributed by atoms with Gasteiger partial charge in [0.05, 0.1) is 0 Å². The van der Waals surface area contributed by atoms with Crippen molar-refractivity contribution >= 4 is 5.78 Å². The van der Waals surface area contributed by atoms with Gasteiger partial charge in [0.15, 0.2) is 17.4 Å². The van der Waals surface area contributed by atoms with Crippen molar-refractivity contribution in [2.24, 2.45) is 11.7 Å². The molecule has 1 aromatic rings. The zero-order valence-electron chi connectivity index (χ0n) is 9.17. The van der Waals surface area contributed by atoms with Crippen molar-refractivity contribution in [1.82, 2.24) is 0 Å². The van der Waals surface area contributed by atoms with Gasteiger partial charge in [0.2, 0.25) is 0 Å². The van der Waals surface area contributed by atoms with E-state index in [1.54, 1.807) is 0 Å². The van der Waals surface area contributed by atoms with Crippen molar-refractivity contribution in [3.8, 4) is 0 Å². The molecule has 4 heteroatoms. The second-order valence-electron chi connectivity index (χ2n) is 3.77. The van der Waals surface area contributed by atoms with E-state index >= 15 is 0 Å². The molecule has 0 saturated heterocycles. The molecule has 0 aliphatic rings. The van der Waals surface area contributed by atoms with Gasteiger partial charge in [-0.15, -0.1) is 0 Å². The van der Waals surface area contributed by atoms with E-state index < -0.39 is 11.6 Å². The van der Waals surface area contributed by atoms with Gasteiger partial charge in [-0.2, -0.15) is 0 Å². The van der Waals surface area contributed by atoms with Crippen molar-refractivity contribution in [2.75, 3.05) is 6.54 Å². The highest BCUT2D eigenvalue weighted by Crippen LogP contribution is 2.14. The predicted molar refractivity (Wildman–Crippen MR) is 58.1 cm³/mol. The Morgan fingerprint density at radius 2 is 2.06 bits per heavy atom. The monoisotopic (exact) mass is 227 g/mol. The number of carbonyl (C=O) groups excluding carboxylic acids is 1. The van der Waals surface area contributed by atoms with Crippen LogP contribution in [0.3, 0.4) is 0 Å². The molecule has 0 fully saturated rings. The smallest absolute Gasteiger partial charge is 0.163 e. The van der Waals surface area contributed by atoms with Crippen LogP contribution >= 0.6 is 0 Å². The number of nitrogens with two attached hydrogens (primary N) is 1. The van der Waals surface area contributed by atoms with Crippen LogP contribution in [0.5, 0.6) is 0 Å². The summed E-state index contributed by atoms with van der Waals surface area (Å²) in [6.07, 6.45) is 1.07. The fourth-order valence-corrected chi connectivity index (χ4v) is 1.44. The molecule has 16 heavy (non-hydrogen) atoms. The van der Waals surface area contributed by atoms with Gasteiger partial charge in [0, 0.05) is 12.0 Å². The number of Topliss-reactive ketones (excluding diaryl/α,β-unsaturated/α-hetero) is 1. The Labute approximate surface area is 93.5 Å². The fourth-order valence-electron chi connectivity index (χ4n) is 1.44. The molecular formula is C12H15F2NO. The van der Waals surface area contributed by atoms with Gasteiger partial charge in [-0.1, -0.05) is 13.3 Å². The lowest BCUT2D eigenvalue weighted by molar-refractivity contribution is 0.0961. The van der Waals surface area contributed by atoms with E-state index in [0.29, 0.717) is 6.54 Å². The summed E-state index contributed by atoms with van der Waals surface area (Å²) in [7, 11) is 0. The molecule has 2 N–H and O–H groups in total. The Balaban J connectivity index is 2.76. The summed E-state index contributed by atoms with van der Waals surface area (Å²) in [4.78, 5) is 11.7. The third-order valence-corrected chi connectivity index (χ3v) is 2.63. The first-order valence-electron chi connectivity index (χ1n) is 5.26. The minimum Gasteiger partial charge on any atom is -0.330 e. The average molecular weight is 227 g/mol. The van der Waals surface area contributed by atoms with E-state index in [1.165, 1.54) is 6.07 Å². The second-order valence-corrected chi connectivity index (χ2v) is 3.77. The van der Waals surface area contributed by atoms with Crippen molar-refractivity contribution in [3.05, 3.63) is 35.4 Å². The zero-order chi connectivity index (χ0) is 12.1. The summed E-state index contributed by atoms with van der Waals surface area (Å²) in [6.45, 7) is 2.36. The van der Waals surface area contributed by atoms with Gasteiger partial charge >= 0.3 is 0 Å². The lowest BCUT2D eigenvalue weighted by atomic mass is 9.96. The van der Waals surface area contributed by atoms with Gasteiger partial charge in [-0.25, -0.2) is 8.78 Å². The van der Waals surface area contributed by atoms with Crippen LogP contribution in [0, 0.1) is 17.6 Å². The van der Waals surface area contributed by atoms with Crippen LogP contribution < -0.4 is 5.73 Å². The normalized spacial score (nSPS) is 12.5. The maximum Gasteiger partial charge on any atom is 0.163 e. The fraction of sp³-hybridized carbons (Fsp3) is 0.417. The lowest BCUT2D eigenvalue weighted by Crippen LogP contribution is -2.17. The summed E-state index contributed by atoms with van der Waals surface area (Å²) < 4.78 is 25.5. The Morgan fingerprint density at radius 1 is 1.38 bits per heavy atom. The highest BCUT2D eigenvalue weighted by Gasteiger charge is 2.14. The summed E-state index contributed by atoms with van der Waals surface area (Å²) in [5.74, 6) is -2.04. The molecule has 0 radical (unpaired) electrons. The number of hydrogen-bond donors (Lipinski definition) is 1. The minimum atomic E-state index is -0.994. The highest BCUT2D eigenvalue weighted by molar-refractivity contribution is 5.96. The third kappa shape index (κ3) is 3.10. The van der Waals surface area contributed by atoms with Crippen molar-refractivity contribution in [2.45, 2.75) is 19.8 Å². The van der Waals surface area contributed by atoms with Gasteiger partial charge in [-0.3, -0.25) is 4.79 Å². The zero-order valence-corrected chi connectivity index (χ0v) is 9.17. The van der Waals surface area contributed by atoms with Crippen LogP contribution in [0.1, 0.15) is 30.1 Å². The molecule has 1 unspecified atom stereocenters. The lowest BCUT2D eigenvalue weighted by Gasteiger charge is -2.10. The van der Waals surface area contributed by atoms with Crippen LogP contribution in [0.2, 0.25) is 0 Å². The molecule has 0 spiro atoms. The summed E-state index contributed by atoms with van der Waals surface area (Å²) in [5, 5.41) is 0. The maximum atomic E-state index is 12.9. The molecule has 88 valence electrons. The molecule has 0 amide bonds. The first kappa shape index (κ1) is 12.8. The predicted octanol–water partition coefficient (Wildman–Crippen LogP) is 2.52. The third-order valence-electron chi connectivity index (χ3n) is 2.63. The van der Waals surface area contributed by atoms with Crippen molar-refractivity contribution in [3.63, 3.8) is 0 Å². The molecular weight excluding hydrogens is 212 g/mol. The van der Waals surface area contributed by atoms with E-state index in [1.807, 2.05) is 6.92 Å². The number of benzene rings is 1. The number of halogens is 2. The van der Waals surface area contributed by atoms with Gasteiger partial charge in [-0.05, 0) is 30.7 Å². The van der Waals surface area contributed by atoms with E-state index in [2.05, 4.69) is 0 Å². The van der Waals surface area contributed by atoms with Crippen molar-refractivity contribution in [1.29, 1.82) is 0 Å². The van der Waals surface area contributed by atoms with Gasteiger partial charge in [0.25, 0.3) is 0 Å². The molecule has 0 saturated carbocycles. The molecule has 0 aliphatic heterocycles. The Hall–Kier alpha value is -1.29. The Morgan fingerprint density at radius 3 is 2.56 bits per heavy atom. The SMILES string of the molecule is CCC(CN)CC(=O)c1ccc(F)c(F)c1. The number of ketones is 1. The molecule has 1 atom stereocenters. The summed E-state index contributed by atoms with van der Waals surface area (Å²) in [5.41, 5.74) is 5.68. The maximum absolute atomic E-state index is 12.9. The Kier molecular flexibility index (Phi) is 4.55. The first-order valence-corrected chi connectivity index (χ1v) is 5.26. The van der Waals surface area contributed by atoms with Gasteiger partial charge < -0.3 is 5.73 Å². The molecule has 1 aromatic carbocycles. The summed E-state index contributed by atoms with van der Waals surface area (Å²) in [6, 6.07) is 3.19. The van der Waals surface area contributed by atoms with Gasteiger partial charge in [0.1, 0.15) is 0 Å². The molecule has 0 aliphatic carbocycles. The number of carbonyl (C=O) groups is 1. The quantitative estimate of drug-likeness (QED) is 0.785. The standard InChI is InChI=1S/C12H15F2NO/c1-2-8(7-15)5-12(16)9-3-4-10(13)11(14)6-9/h3-4,6,8H,2,5,7,15H2,1H3. The van der Waals surface area contributed by atoms with E-state index in [4.69, 9.17) is 5.73 Å². The van der Waals surface area contributed by atoms with Crippen LogP contribution in [0.4, 0.5) is 8.78 Å². The molecule has 1 rings (SSSR count). The van der Waals surface area contributed by atoms with Crippen molar-refractivity contribution < 1.29 is 13.6 Å². The molecule has 0 bridgehead atoms. The molecule has 0 heterocycles. The van der Waals surface area contributed by atoms with Crippen LogP contribution in [0.25, 0.3) is 0 Å². The molecule has 0 aromatic heterocycles. The van der Waals surface area contributed by atoms with E-state index in [0.717, 1.165) is 18.6 Å². The number of hydrogen-bond acceptors (Lipinski definition) is 2. The van der Waals surface area contributed by atoms with Crippen LogP contribution in [-0.4, -0.2) is 12.3 Å².